The number of H-pyrrole nitrogens is 1. The van der Waals surface area contributed by atoms with Gasteiger partial charge in [0.05, 0.1) is 18.4 Å². The molecule has 2 N–H and O–H groups in total. The summed E-state index contributed by atoms with van der Waals surface area (Å²) >= 11 is 0. The van der Waals surface area contributed by atoms with Crippen LogP contribution in [0.1, 0.15) is 61.1 Å². The van der Waals surface area contributed by atoms with Gasteiger partial charge in [0.15, 0.2) is 0 Å². The zero-order valence-electron chi connectivity index (χ0n) is 13.6. The van der Waals surface area contributed by atoms with Crippen molar-refractivity contribution in [2.24, 2.45) is 0 Å². The van der Waals surface area contributed by atoms with Gasteiger partial charge in [0, 0.05) is 30.3 Å². The van der Waals surface area contributed by atoms with Crippen molar-refractivity contribution in [2.45, 2.75) is 56.6 Å². The van der Waals surface area contributed by atoms with E-state index in [-0.39, 0.29) is 17.9 Å². The van der Waals surface area contributed by atoms with E-state index in [1.54, 1.807) is 24.6 Å². The Morgan fingerprint density at radius 1 is 1.46 bits per heavy atom. The summed E-state index contributed by atoms with van der Waals surface area (Å²) in [6, 6.07) is 3.64. The van der Waals surface area contributed by atoms with Gasteiger partial charge in [-0.2, -0.15) is 5.10 Å². The van der Waals surface area contributed by atoms with Gasteiger partial charge in [-0.15, -0.1) is 0 Å². The van der Waals surface area contributed by atoms with E-state index in [1.807, 2.05) is 4.90 Å². The molecule has 2 aliphatic rings. The number of carbonyl (C=O) groups excluding carboxylic acids is 1. The molecule has 3 heterocycles. The number of carbonyl (C=O) groups is 1. The maximum absolute atomic E-state index is 13.1. The maximum atomic E-state index is 13.1. The van der Waals surface area contributed by atoms with Crippen LogP contribution in [-0.4, -0.2) is 38.7 Å². The fraction of sp³-hybridized carbons (Fsp3) is 0.556. The van der Waals surface area contributed by atoms with Gasteiger partial charge >= 0.3 is 0 Å². The van der Waals surface area contributed by atoms with Crippen molar-refractivity contribution < 1.29 is 14.3 Å². The molecule has 3 atom stereocenters. The SMILES string of the molecule is O=C(C1CCCc2[nH]ncc21)N1CCCC1CC(O)c1ccco1. The zero-order valence-corrected chi connectivity index (χ0v) is 13.6. The van der Waals surface area contributed by atoms with Crippen LogP contribution in [0.5, 0.6) is 0 Å². The Balaban J connectivity index is 1.48. The highest BCUT2D eigenvalue weighted by Crippen LogP contribution is 2.35. The third kappa shape index (κ3) is 2.75. The summed E-state index contributed by atoms with van der Waals surface area (Å²) in [5, 5.41) is 17.5. The summed E-state index contributed by atoms with van der Waals surface area (Å²) in [5.74, 6) is 0.671. The molecule has 6 heteroatoms. The van der Waals surface area contributed by atoms with E-state index in [1.165, 1.54) is 0 Å². The summed E-state index contributed by atoms with van der Waals surface area (Å²) in [6.07, 6.45) is 8.05. The lowest BCUT2D eigenvalue weighted by Gasteiger charge is -2.31. The number of likely N-dealkylation sites (tertiary alicyclic amines) is 1. The Hall–Kier alpha value is -2.08. The summed E-state index contributed by atoms with van der Waals surface area (Å²) < 4.78 is 5.29. The molecule has 0 saturated carbocycles. The minimum Gasteiger partial charge on any atom is -0.467 e. The first-order valence-corrected chi connectivity index (χ1v) is 8.78. The quantitative estimate of drug-likeness (QED) is 0.903. The number of hydrogen-bond acceptors (Lipinski definition) is 4. The molecule has 4 rings (SSSR count). The van der Waals surface area contributed by atoms with Crippen LogP contribution in [0.4, 0.5) is 0 Å². The molecule has 1 aliphatic carbocycles. The van der Waals surface area contributed by atoms with Crippen molar-refractivity contribution in [1.29, 1.82) is 0 Å². The van der Waals surface area contributed by atoms with Gasteiger partial charge in [0.25, 0.3) is 0 Å². The van der Waals surface area contributed by atoms with Crippen molar-refractivity contribution in [3.05, 3.63) is 41.6 Å². The molecule has 6 nitrogen and oxygen atoms in total. The third-order valence-electron chi connectivity index (χ3n) is 5.37. The number of fused-ring (bicyclic) bond motifs is 1. The number of nitrogens with zero attached hydrogens (tertiary/aromatic N) is 2. The van der Waals surface area contributed by atoms with Gasteiger partial charge in [-0.3, -0.25) is 9.89 Å². The van der Waals surface area contributed by atoms with E-state index in [2.05, 4.69) is 10.2 Å². The molecule has 2 aromatic heterocycles. The fourth-order valence-electron chi connectivity index (χ4n) is 4.14. The molecule has 3 unspecified atom stereocenters. The predicted octanol–water partition coefficient (Wildman–Crippen LogP) is 2.54. The van der Waals surface area contributed by atoms with Gasteiger partial charge < -0.3 is 14.4 Å². The summed E-state index contributed by atoms with van der Waals surface area (Å²) in [4.78, 5) is 15.1. The number of aromatic nitrogens is 2. The summed E-state index contributed by atoms with van der Waals surface area (Å²) in [6.45, 7) is 0.776. The van der Waals surface area contributed by atoms with Crippen molar-refractivity contribution in [3.8, 4) is 0 Å². The monoisotopic (exact) mass is 329 g/mol. The van der Waals surface area contributed by atoms with Crippen LogP contribution in [0.2, 0.25) is 0 Å². The van der Waals surface area contributed by atoms with Crippen LogP contribution < -0.4 is 0 Å². The van der Waals surface area contributed by atoms with E-state index < -0.39 is 6.10 Å². The van der Waals surface area contributed by atoms with Crippen LogP contribution in [-0.2, 0) is 11.2 Å². The number of rotatable bonds is 4. The predicted molar refractivity (Wildman–Crippen MR) is 87.3 cm³/mol. The molecule has 0 radical (unpaired) electrons. The number of nitrogens with one attached hydrogen (secondary N) is 1. The average Bonchev–Trinajstić information content (AvgIpc) is 3.33. The van der Waals surface area contributed by atoms with Gasteiger partial charge in [-0.1, -0.05) is 0 Å². The zero-order chi connectivity index (χ0) is 16.5. The van der Waals surface area contributed by atoms with E-state index in [0.29, 0.717) is 12.2 Å². The molecule has 128 valence electrons. The molecule has 1 saturated heterocycles. The Bertz CT molecular complexity index is 694. The molecule has 1 amide bonds. The maximum Gasteiger partial charge on any atom is 0.230 e. The van der Waals surface area contributed by atoms with Crippen molar-refractivity contribution in [2.75, 3.05) is 6.54 Å². The van der Waals surface area contributed by atoms with Crippen LogP contribution in [0.25, 0.3) is 0 Å². The minimum absolute atomic E-state index is 0.0786. The highest BCUT2D eigenvalue weighted by molar-refractivity contribution is 5.84. The smallest absolute Gasteiger partial charge is 0.230 e. The van der Waals surface area contributed by atoms with Crippen molar-refractivity contribution in [1.82, 2.24) is 15.1 Å². The topological polar surface area (TPSA) is 82.4 Å². The van der Waals surface area contributed by atoms with Crippen molar-refractivity contribution in [3.63, 3.8) is 0 Å². The largest absolute Gasteiger partial charge is 0.467 e. The fourth-order valence-corrected chi connectivity index (χ4v) is 4.14. The van der Waals surface area contributed by atoms with E-state index in [0.717, 1.165) is 49.9 Å². The minimum atomic E-state index is -0.658. The standard InChI is InChI=1S/C18H23N3O3/c22-16(17-7-3-9-24-17)10-12-4-2-8-21(12)18(23)13-5-1-6-15-14(13)11-19-20-15/h3,7,9,11-13,16,22H,1-2,4-6,8,10H2,(H,19,20). The van der Waals surface area contributed by atoms with E-state index in [4.69, 9.17) is 4.42 Å². The number of aryl methyl sites for hydroxylation is 1. The molecular weight excluding hydrogens is 306 g/mol. The Kier molecular flexibility index (Phi) is 4.14. The molecule has 24 heavy (non-hydrogen) atoms. The van der Waals surface area contributed by atoms with Crippen LogP contribution in [0.3, 0.4) is 0 Å². The third-order valence-corrected chi connectivity index (χ3v) is 5.37. The van der Waals surface area contributed by atoms with Crippen LogP contribution in [0, 0.1) is 0 Å². The first kappa shape index (κ1) is 15.4. The number of amides is 1. The highest BCUT2D eigenvalue weighted by Gasteiger charge is 2.37. The number of aliphatic hydroxyl groups excluding tert-OH is 1. The molecule has 1 fully saturated rings. The first-order valence-electron chi connectivity index (χ1n) is 8.78. The lowest BCUT2D eigenvalue weighted by Crippen LogP contribution is -2.40. The molecular formula is C18H23N3O3. The first-order chi connectivity index (χ1) is 11.7. The Morgan fingerprint density at radius 2 is 2.38 bits per heavy atom. The van der Waals surface area contributed by atoms with Crippen LogP contribution in [0.15, 0.2) is 29.0 Å². The average molecular weight is 329 g/mol. The number of aliphatic hydroxyl groups is 1. The molecule has 0 spiro atoms. The van der Waals surface area contributed by atoms with Gasteiger partial charge in [0.2, 0.25) is 5.91 Å². The Morgan fingerprint density at radius 3 is 3.21 bits per heavy atom. The Labute approximate surface area is 140 Å². The molecule has 1 aliphatic heterocycles. The molecule has 2 aromatic rings. The normalized spacial score (nSPS) is 24.8. The van der Waals surface area contributed by atoms with E-state index in [9.17, 15) is 9.90 Å². The van der Waals surface area contributed by atoms with Gasteiger partial charge in [-0.05, 0) is 44.2 Å². The second-order valence-corrected chi connectivity index (χ2v) is 6.84. The second-order valence-electron chi connectivity index (χ2n) is 6.84. The highest BCUT2D eigenvalue weighted by atomic mass is 16.4. The van der Waals surface area contributed by atoms with Gasteiger partial charge in [-0.25, -0.2) is 0 Å². The van der Waals surface area contributed by atoms with Crippen LogP contribution >= 0.6 is 0 Å². The summed E-state index contributed by atoms with van der Waals surface area (Å²) in [5.41, 5.74) is 2.16. The van der Waals surface area contributed by atoms with E-state index >= 15 is 0 Å². The number of furan rings is 1. The number of hydrogen-bond donors (Lipinski definition) is 2. The molecule has 0 bridgehead atoms. The summed E-state index contributed by atoms with van der Waals surface area (Å²) in [7, 11) is 0. The molecule has 0 aromatic carbocycles. The lowest BCUT2D eigenvalue weighted by molar-refractivity contribution is -0.134. The van der Waals surface area contributed by atoms with Gasteiger partial charge in [0.1, 0.15) is 11.9 Å². The number of aromatic amines is 1. The lowest BCUT2D eigenvalue weighted by atomic mass is 9.86. The van der Waals surface area contributed by atoms with Crippen molar-refractivity contribution >= 4 is 5.91 Å². The second kappa shape index (κ2) is 6.43.